The lowest BCUT2D eigenvalue weighted by molar-refractivity contribution is -0.142. The van der Waals surface area contributed by atoms with Gasteiger partial charge in [-0.2, -0.15) is 4.31 Å². The van der Waals surface area contributed by atoms with Crippen LogP contribution in [0.1, 0.15) is 78.3 Å². The summed E-state index contributed by atoms with van der Waals surface area (Å²) in [5.41, 5.74) is 2.76. The van der Waals surface area contributed by atoms with E-state index >= 15 is 0 Å². The molecule has 254 valence electrons. The molecule has 0 aliphatic heterocycles. The molecule has 0 radical (unpaired) electrons. The lowest BCUT2D eigenvalue weighted by Gasteiger charge is -2.24. The number of thiophene rings is 1. The molecule has 3 aromatic carbocycles. The van der Waals surface area contributed by atoms with Gasteiger partial charge in [0, 0.05) is 23.2 Å². The quantitative estimate of drug-likeness (QED) is 0.143. The number of carbonyl (C=O) groups excluding carboxylic acids is 2. The molecular weight excluding hydrogens is 667 g/mol. The second kappa shape index (κ2) is 13.6. The number of carboxylic acid groups (broad SMARTS) is 2. The number of fused-ring (bicyclic) bond motifs is 1. The minimum absolute atomic E-state index is 0.0563. The number of aromatic carboxylic acids is 1. The summed E-state index contributed by atoms with van der Waals surface area (Å²) in [6, 6.07) is 19.7. The highest BCUT2D eigenvalue weighted by Gasteiger charge is 2.57. The van der Waals surface area contributed by atoms with Gasteiger partial charge in [0.2, 0.25) is 10.0 Å². The molecule has 13 heteroatoms. The van der Waals surface area contributed by atoms with Crippen LogP contribution in [-0.4, -0.2) is 59.3 Å². The van der Waals surface area contributed by atoms with Crippen molar-refractivity contribution in [1.82, 2.24) is 4.31 Å². The molecule has 2 aliphatic rings. The fourth-order valence-electron chi connectivity index (χ4n) is 6.09. The zero-order valence-electron chi connectivity index (χ0n) is 26.7. The number of sulfonamides is 1. The van der Waals surface area contributed by atoms with Crippen molar-refractivity contribution < 1.29 is 37.8 Å². The Morgan fingerprint density at radius 2 is 1.45 bits per heavy atom. The minimum atomic E-state index is -4.20. The molecule has 0 bridgehead atoms. The molecule has 49 heavy (non-hydrogen) atoms. The summed E-state index contributed by atoms with van der Waals surface area (Å²) in [6.07, 6.45) is 5.25. The van der Waals surface area contributed by atoms with Crippen molar-refractivity contribution in [3.63, 3.8) is 0 Å². The summed E-state index contributed by atoms with van der Waals surface area (Å²) in [7, 11) is -2.96. The molecular formula is C36H35N3O8S2. The van der Waals surface area contributed by atoms with Gasteiger partial charge in [0.15, 0.2) is 0 Å². The van der Waals surface area contributed by atoms with E-state index in [1.807, 2.05) is 24.3 Å². The van der Waals surface area contributed by atoms with Gasteiger partial charge in [-0.05, 0) is 111 Å². The van der Waals surface area contributed by atoms with Crippen LogP contribution in [0.2, 0.25) is 0 Å². The number of carboxylic acids is 2. The fourth-order valence-corrected chi connectivity index (χ4v) is 8.93. The number of aryl methyl sites for hydroxylation is 3. The number of rotatable bonds is 12. The number of nitrogens with one attached hydrogen (secondary N) is 2. The van der Waals surface area contributed by atoms with E-state index in [0.29, 0.717) is 22.7 Å². The number of hydrogen-bond donors (Lipinski definition) is 4. The molecule has 0 atom stereocenters. The molecule has 2 aliphatic carbocycles. The van der Waals surface area contributed by atoms with Crippen molar-refractivity contribution >= 4 is 55.8 Å². The van der Waals surface area contributed by atoms with Crippen molar-refractivity contribution in [2.75, 3.05) is 17.7 Å². The molecule has 1 saturated carbocycles. The maximum atomic E-state index is 13.7. The van der Waals surface area contributed by atoms with Crippen molar-refractivity contribution in [3.8, 4) is 0 Å². The van der Waals surface area contributed by atoms with Gasteiger partial charge >= 0.3 is 11.9 Å². The Kier molecular flexibility index (Phi) is 9.43. The third kappa shape index (κ3) is 7.00. The summed E-state index contributed by atoms with van der Waals surface area (Å²) in [6.45, 7) is 0. The molecule has 1 fully saturated rings. The second-order valence-corrected chi connectivity index (χ2v) is 15.4. The third-order valence-corrected chi connectivity index (χ3v) is 12.3. The van der Waals surface area contributed by atoms with E-state index in [4.69, 9.17) is 5.11 Å². The molecule has 0 saturated heterocycles. The van der Waals surface area contributed by atoms with Gasteiger partial charge in [-0.25, -0.2) is 13.2 Å². The number of carbonyl (C=O) groups is 4. The number of hydrogen-bond acceptors (Lipinski definition) is 7. The van der Waals surface area contributed by atoms with Crippen LogP contribution in [0.15, 0.2) is 77.7 Å². The third-order valence-electron chi connectivity index (χ3n) is 9.22. The highest BCUT2D eigenvalue weighted by atomic mass is 32.2. The van der Waals surface area contributed by atoms with Gasteiger partial charge in [-0.3, -0.25) is 14.4 Å². The predicted molar refractivity (Wildman–Crippen MR) is 185 cm³/mol. The molecule has 0 spiro atoms. The monoisotopic (exact) mass is 701 g/mol. The van der Waals surface area contributed by atoms with Crippen LogP contribution in [0.3, 0.4) is 0 Å². The normalized spacial score (nSPS) is 14.9. The van der Waals surface area contributed by atoms with Crippen LogP contribution in [0.5, 0.6) is 0 Å². The average Bonchev–Trinajstić information content (AvgIpc) is 3.83. The smallest absolute Gasteiger partial charge is 0.335 e. The predicted octanol–water partition coefficient (Wildman–Crippen LogP) is 5.85. The molecule has 1 aromatic heterocycles. The molecule has 6 rings (SSSR count). The Balaban J connectivity index is 1.16. The molecule has 4 N–H and O–H groups in total. The molecule has 2 amide bonds. The highest BCUT2D eigenvalue weighted by molar-refractivity contribution is 7.89. The van der Waals surface area contributed by atoms with E-state index in [9.17, 15) is 32.7 Å². The van der Waals surface area contributed by atoms with Crippen LogP contribution >= 0.6 is 11.3 Å². The SMILES string of the molecule is CN(C1(C(=O)O)CC1)S(=O)(=O)c1cccc(C(=O)Nc2sc3c(c2C(=O)Nc2ccc(CCc4ccc(C(=O)O)cc4)cc2)CCCC3)c1. The van der Waals surface area contributed by atoms with Crippen molar-refractivity contribution in [2.24, 2.45) is 0 Å². The van der Waals surface area contributed by atoms with Gasteiger partial charge in [0.05, 0.1) is 16.0 Å². The Labute approximate surface area is 287 Å². The van der Waals surface area contributed by atoms with Gasteiger partial charge in [0.25, 0.3) is 11.8 Å². The summed E-state index contributed by atoms with van der Waals surface area (Å²) in [5, 5.41) is 24.9. The zero-order chi connectivity index (χ0) is 34.9. The summed E-state index contributed by atoms with van der Waals surface area (Å²) in [4.78, 5) is 50.9. The number of amides is 2. The number of anilines is 2. The Morgan fingerprint density at radius 3 is 2.06 bits per heavy atom. The van der Waals surface area contributed by atoms with Crippen LogP contribution < -0.4 is 10.6 Å². The van der Waals surface area contributed by atoms with Crippen LogP contribution in [-0.2, 0) is 40.5 Å². The number of aliphatic carboxylic acids is 1. The Hall–Kier alpha value is -4.85. The van der Waals surface area contributed by atoms with E-state index in [1.165, 1.54) is 42.6 Å². The summed E-state index contributed by atoms with van der Waals surface area (Å²) in [5.74, 6) is -3.12. The van der Waals surface area contributed by atoms with Gasteiger partial charge in [0.1, 0.15) is 10.5 Å². The van der Waals surface area contributed by atoms with Gasteiger partial charge in [-0.15, -0.1) is 11.3 Å². The standard InChI is InChI=1S/C36H35N3O8S2/c1-39(36(19-20-36)35(44)45)49(46,47)27-6-4-5-25(21-27)31(40)38-33-30(28-7-2-3-8-29(28)48-33)32(41)37-26-17-13-23(14-18-26)10-9-22-11-15-24(16-12-22)34(42)43/h4-6,11-18,21H,2-3,7-10,19-20H2,1H3,(H,37,41)(H,38,40)(H,42,43)(H,44,45). The van der Waals surface area contributed by atoms with E-state index in [2.05, 4.69) is 10.6 Å². The first kappa shape index (κ1) is 34.0. The lowest BCUT2D eigenvalue weighted by Crippen LogP contribution is -2.44. The molecule has 0 unspecified atom stereocenters. The highest BCUT2D eigenvalue weighted by Crippen LogP contribution is 2.44. The maximum absolute atomic E-state index is 13.7. The molecule has 11 nitrogen and oxygen atoms in total. The lowest BCUT2D eigenvalue weighted by atomic mass is 9.95. The van der Waals surface area contributed by atoms with Crippen molar-refractivity contribution in [2.45, 2.75) is 61.8 Å². The van der Waals surface area contributed by atoms with Crippen molar-refractivity contribution in [3.05, 3.63) is 111 Å². The first-order valence-electron chi connectivity index (χ1n) is 15.9. The first-order valence-corrected chi connectivity index (χ1v) is 18.2. The number of likely N-dealkylation sites (N-methyl/N-ethyl adjacent to an activating group) is 1. The van der Waals surface area contributed by atoms with E-state index in [0.717, 1.165) is 58.0 Å². The first-order chi connectivity index (χ1) is 23.4. The van der Waals surface area contributed by atoms with E-state index in [1.54, 1.807) is 24.3 Å². The fraction of sp³-hybridized carbons (Fsp3) is 0.278. The van der Waals surface area contributed by atoms with Crippen LogP contribution in [0.25, 0.3) is 0 Å². The maximum Gasteiger partial charge on any atom is 0.335 e. The molecule has 1 heterocycles. The Bertz CT molecular complexity index is 2050. The summed E-state index contributed by atoms with van der Waals surface area (Å²) < 4.78 is 27.5. The zero-order valence-corrected chi connectivity index (χ0v) is 28.3. The summed E-state index contributed by atoms with van der Waals surface area (Å²) >= 11 is 1.35. The second-order valence-electron chi connectivity index (χ2n) is 12.4. The Morgan fingerprint density at radius 1 is 0.816 bits per heavy atom. The minimum Gasteiger partial charge on any atom is -0.480 e. The average molecular weight is 702 g/mol. The molecule has 4 aromatic rings. The topological polar surface area (TPSA) is 170 Å². The van der Waals surface area contributed by atoms with Crippen LogP contribution in [0.4, 0.5) is 10.7 Å². The number of benzene rings is 3. The van der Waals surface area contributed by atoms with E-state index in [-0.39, 0.29) is 34.8 Å². The van der Waals surface area contributed by atoms with Gasteiger partial charge < -0.3 is 20.8 Å². The number of nitrogens with zero attached hydrogens (tertiary/aromatic N) is 1. The largest absolute Gasteiger partial charge is 0.480 e. The van der Waals surface area contributed by atoms with E-state index < -0.39 is 33.4 Å². The van der Waals surface area contributed by atoms with Crippen LogP contribution in [0, 0.1) is 0 Å². The van der Waals surface area contributed by atoms with Crippen molar-refractivity contribution in [1.29, 1.82) is 0 Å². The van der Waals surface area contributed by atoms with Gasteiger partial charge in [-0.1, -0.05) is 30.3 Å².